The van der Waals surface area contributed by atoms with Crippen LogP contribution in [0.2, 0.25) is 5.02 Å². The Kier molecular flexibility index (Phi) is 4.76. The highest BCUT2D eigenvalue weighted by molar-refractivity contribution is 9.11. The minimum absolute atomic E-state index is 0.122. The molecule has 2 aromatic rings. The molecule has 0 aliphatic rings. The van der Waals surface area contributed by atoms with Crippen LogP contribution in [0, 0.1) is 0 Å². The van der Waals surface area contributed by atoms with Gasteiger partial charge in [0.2, 0.25) is 0 Å². The third-order valence-electron chi connectivity index (χ3n) is 2.51. The highest BCUT2D eigenvalue weighted by atomic mass is 79.9. The van der Waals surface area contributed by atoms with Crippen LogP contribution < -0.4 is 4.72 Å². The number of benzene rings is 1. The number of rotatable bonds is 4. The lowest BCUT2D eigenvalue weighted by atomic mass is 10.1. The highest BCUT2D eigenvalue weighted by Gasteiger charge is 2.19. The topological polar surface area (TPSA) is 66.4 Å². The lowest BCUT2D eigenvalue weighted by Gasteiger charge is -2.09. The summed E-state index contributed by atoms with van der Waals surface area (Å²) in [7, 11) is -3.69. The van der Waals surface area contributed by atoms with Crippen molar-refractivity contribution in [2.75, 3.05) is 4.72 Å². The molecule has 1 atom stereocenters. The van der Waals surface area contributed by atoms with E-state index in [2.05, 4.69) is 20.7 Å². The first-order chi connectivity index (χ1) is 9.29. The van der Waals surface area contributed by atoms with Crippen LogP contribution in [0.3, 0.4) is 0 Å². The SMILES string of the molecule is CC(O)c1cccc(NS(=O)(=O)c2cc(Cl)c(Br)s2)c1. The van der Waals surface area contributed by atoms with Gasteiger partial charge in [-0.1, -0.05) is 23.7 Å². The normalized spacial score (nSPS) is 13.2. The molecule has 0 radical (unpaired) electrons. The van der Waals surface area contributed by atoms with E-state index in [1.165, 1.54) is 6.07 Å². The minimum atomic E-state index is -3.69. The van der Waals surface area contributed by atoms with Crippen LogP contribution in [0.25, 0.3) is 0 Å². The minimum Gasteiger partial charge on any atom is -0.389 e. The van der Waals surface area contributed by atoms with Crippen LogP contribution in [0.1, 0.15) is 18.6 Å². The van der Waals surface area contributed by atoms with Crippen molar-refractivity contribution in [3.05, 3.63) is 44.7 Å². The van der Waals surface area contributed by atoms with Crippen molar-refractivity contribution < 1.29 is 13.5 Å². The third kappa shape index (κ3) is 3.53. The van der Waals surface area contributed by atoms with Crippen LogP contribution in [0.15, 0.2) is 38.3 Å². The average Bonchev–Trinajstić information content (AvgIpc) is 2.70. The quantitative estimate of drug-likeness (QED) is 0.820. The van der Waals surface area contributed by atoms with Gasteiger partial charge in [-0.15, -0.1) is 11.3 Å². The molecular weight excluding hydrogens is 386 g/mol. The summed E-state index contributed by atoms with van der Waals surface area (Å²) in [6.07, 6.45) is -0.662. The summed E-state index contributed by atoms with van der Waals surface area (Å²) in [6.45, 7) is 1.61. The second kappa shape index (κ2) is 6.03. The standard InChI is InChI=1S/C12H11BrClNO3S2/c1-7(16)8-3-2-4-9(5-8)15-20(17,18)11-6-10(14)12(13)19-11/h2-7,15-16H,1H3. The second-order valence-corrected chi connectivity index (χ2v) is 8.78. The van der Waals surface area contributed by atoms with Gasteiger partial charge in [-0.2, -0.15) is 0 Å². The van der Waals surface area contributed by atoms with Gasteiger partial charge in [0.25, 0.3) is 10.0 Å². The fraction of sp³-hybridized carbons (Fsp3) is 0.167. The Balaban J connectivity index is 2.31. The monoisotopic (exact) mass is 395 g/mol. The maximum Gasteiger partial charge on any atom is 0.271 e. The summed E-state index contributed by atoms with van der Waals surface area (Å²) in [5.74, 6) is 0. The molecule has 1 aromatic carbocycles. The average molecular weight is 397 g/mol. The second-order valence-electron chi connectivity index (χ2n) is 4.09. The van der Waals surface area contributed by atoms with Crippen molar-refractivity contribution in [1.29, 1.82) is 0 Å². The number of thiophene rings is 1. The molecule has 0 bridgehead atoms. The van der Waals surface area contributed by atoms with Crippen molar-refractivity contribution >= 4 is 54.6 Å². The van der Waals surface area contributed by atoms with Crippen LogP contribution in [0.5, 0.6) is 0 Å². The summed E-state index contributed by atoms with van der Waals surface area (Å²) >= 11 is 10.1. The zero-order valence-electron chi connectivity index (χ0n) is 10.3. The van der Waals surface area contributed by atoms with E-state index in [1.807, 2.05) is 0 Å². The summed E-state index contributed by atoms with van der Waals surface area (Å²) in [5, 5.41) is 9.86. The molecule has 0 aliphatic heterocycles. The van der Waals surface area contributed by atoms with Gasteiger partial charge < -0.3 is 5.11 Å². The molecule has 0 saturated heterocycles. The maximum atomic E-state index is 12.2. The van der Waals surface area contributed by atoms with Crippen molar-refractivity contribution in [3.63, 3.8) is 0 Å². The molecule has 0 spiro atoms. The van der Waals surface area contributed by atoms with E-state index >= 15 is 0 Å². The largest absolute Gasteiger partial charge is 0.389 e. The molecule has 0 fully saturated rings. The molecule has 20 heavy (non-hydrogen) atoms. The third-order valence-corrected chi connectivity index (χ3v) is 6.84. The molecule has 8 heteroatoms. The van der Waals surface area contributed by atoms with E-state index in [0.29, 0.717) is 20.1 Å². The van der Waals surface area contributed by atoms with E-state index in [1.54, 1.807) is 31.2 Å². The predicted molar refractivity (Wildman–Crippen MR) is 84.9 cm³/mol. The Morgan fingerprint density at radius 2 is 2.10 bits per heavy atom. The summed E-state index contributed by atoms with van der Waals surface area (Å²) in [6, 6.07) is 8.00. The number of nitrogens with one attached hydrogen (secondary N) is 1. The molecule has 0 saturated carbocycles. The van der Waals surface area contributed by atoms with Crippen molar-refractivity contribution in [1.82, 2.24) is 0 Å². The molecule has 4 nitrogen and oxygen atoms in total. The molecule has 108 valence electrons. The molecule has 2 rings (SSSR count). The first-order valence-electron chi connectivity index (χ1n) is 5.55. The number of sulfonamides is 1. The van der Waals surface area contributed by atoms with Gasteiger partial charge in [0.1, 0.15) is 4.21 Å². The predicted octanol–water partition coefficient (Wildman–Crippen LogP) is 4.02. The van der Waals surface area contributed by atoms with Gasteiger partial charge in [-0.25, -0.2) is 8.42 Å². The zero-order valence-corrected chi connectivity index (χ0v) is 14.3. The van der Waals surface area contributed by atoms with Gasteiger partial charge in [0.15, 0.2) is 0 Å². The van der Waals surface area contributed by atoms with Gasteiger partial charge in [0, 0.05) is 5.69 Å². The fourth-order valence-corrected chi connectivity index (χ4v) is 4.97. The Bertz CT molecular complexity index is 709. The molecular formula is C12H11BrClNO3S2. The summed E-state index contributed by atoms with van der Waals surface area (Å²) < 4.78 is 27.6. The van der Waals surface area contributed by atoms with E-state index in [0.717, 1.165) is 11.3 Å². The summed E-state index contributed by atoms with van der Waals surface area (Å²) in [5.41, 5.74) is 1.03. The Morgan fingerprint density at radius 1 is 1.40 bits per heavy atom. The molecule has 1 aromatic heterocycles. The fourth-order valence-electron chi connectivity index (χ4n) is 1.53. The van der Waals surface area contributed by atoms with Crippen molar-refractivity contribution in [2.24, 2.45) is 0 Å². The number of hydrogen-bond donors (Lipinski definition) is 2. The maximum absolute atomic E-state index is 12.2. The van der Waals surface area contributed by atoms with E-state index in [9.17, 15) is 13.5 Å². The smallest absolute Gasteiger partial charge is 0.271 e. The lowest BCUT2D eigenvalue weighted by molar-refractivity contribution is 0.199. The van der Waals surface area contributed by atoms with E-state index < -0.39 is 16.1 Å². The molecule has 0 amide bonds. The van der Waals surface area contributed by atoms with Crippen LogP contribution in [-0.2, 0) is 10.0 Å². The Morgan fingerprint density at radius 3 is 2.65 bits per heavy atom. The molecule has 1 unspecified atom stereocenters. The lowest BCUT2D eigenvalue weighted by Crippen LogP contribution is -2.11. The first kappa shape index (κ1) is 15.8. The number of aliphatic hydroxyl groups excluding tert-OH is 1. The van der Waals surface area contributed by atoms with Gasteiger partial charge >= 0.3 is 0 Å². The molecule has 1 heterocycles. The highest BCUT2D eigenvalue weighted by Crippen LogP contribution is 2.35. The van der Waals surface area contributed by atoms with Gasteiger partial charge in [0.05, 0.1) is 14.9 Å². The van der Waals surface area contributed by atoms with E-state index in [4.69, 9.17) is 11.6 Å². The number of hydrogen-bond acceptors (Lipinski definition) is 4. The van der Waals surface area contributed by atoms with Crippen LogP contribution in [-0.4, -0.2) is 13.5 Å². The van der Waals surface area contributed by atoms with Crippen molar-refractivity contribution in [3.8, 4) is 0 Å². The number of aliphatic hydroxyl groups is 1. The Labute approximate surface area is 134 Å². The zero-order chi connectivity index (χ0) is 14.9. The van der Waals surface area contributed by atoms with Crippen LogP contribution >= 0.6 is 38.9 Å². The molecule has 0 aliphatic carbocycles. The Hall–Kier alpha value is -0.600. The summed E-state index contributed by atoms with van der Waals surface area (Å²) in [4.78, 5) is 0. The first-order valence-corrected chi connectivity index (χ1v) is 9.02. The van der Waals surface area contributed by atoms with Gasteiger partial charge in [-0.3, -0.25) is 4.72 Å². The van der Waals surface area contributed by atoms with Gasteiger partial charge in [-0.05, 0) is 46.6 Å². The number of halogens is 2. The van der Waals surface area contributed by atoms with Crippen LogP contribution in [0.4, 0.5) is 5.69 Å². The molecule has 2 N–H and O–H groups in total. The van der Waals surface area contributed by atoms with E-state index in [-0.39, 0.29) is 4.21 Å². The number of anilines is 1. The van der Waals surface area contributed by atoms with Crippen molar-refractivity contribution in [2.45, 2.75) is 17.2 Å².